The molecule has 8 heteroatoms. The summed E-state index contributed by atoms with van der Waals surface area (Å²) in [5.41, 5.74) is -0.661. The van der Waals surface area contributed by atoms with Gasteiger partial charge < -0.3 is 19.5 Å². The van der Waals surface area contributed by atoms with Gasteiger partial charge in [0.1, 0.15) is 23.2 Å². The zero-order chi connectivity index (χ0) is 18.4. The number of likely N-dealkylation sites (tertiary alicyclic amines) is 1. The predicted molar refractivity (Wildman–Crippen MR) is 82.1 cm³/mol. The number of hydrogen-bond donors (Lipinski definition) is 1. The van der Waals surface area contributed by atoms with Crippen LogP contribution in [0.1, 0.15) is 44.7 Å². The Balaban J connectivity index is 2.04. The molecule has 1 fully saturated rings. The molecular formula is C17H20F3NO4. The number of hydrogen-bond acceptors (Lipinski definition) is 4. The number of benzene rings is 1. The molecule has 2 heterocycles. The number of fused-ring (bicyclic) bond motifs is 1. The van der Waals surface area contributed by atoms with Gasteiger partial charge in [-0.15, -0.1) is 13.2 Å². The molecule has 2 aliphatic rings. The summed E-state index contributed by atoms with van der Waals surface area (Å²) >= 11 is 0. The minimum absolute atomic E-state index is 0.124. The van der Waals surface area contributed by atoms with E-state index in [1.165, 1.54) is 17.0 Å². The van der Waals surface area contributed by atoms with Crippen molar-refractivity contribution in [2.75, 3.05) is 6.54 Å². The zero-order valence-electron chi connectivity index (χ0n) is 14.0. The van der Waals surface area contributed by atoms with E-state index in [-0.39, 0.29) is 5.91 Å². The van der Waals surface area contributed by atoms with E-state index in [0.717, 1.165) is 18.9 Å². The van der Waals surface area contributed by atoms with Crippen LogP contribution in [0.2, 0.25) is 0 Å². The molecule has 2 atom stereocenters. The lowest BCUT2D eigenvalue weighted by Crippen LogP contribution is -2.55. The van der Waals surface area contributed by atoms with Gasteiger partial charge in [-0.1, -0.05) is 0 Å². The number of aliphatic hydroxyl groups excluding tert-OH is 1. The van der Waals surface area contributed by atoms with E-state index in [1.807, 2.05) is 0 Å². The summed E-state index contributed by atoms with van der Waals surface area (Å²) in [7, 11) is 0. The van der Waals surface area contributed by atoms with Crippen molar-refractivity contribution in [2.45, 2.75) is 57.2 Å². The number of piperidine rings is 1. The van der Waals surface area contributed by atoms with Gasteiger partial charge in [0, 0.05) is 18.5 Å². The number of ether oxygens (including phenoxy) is 2. The van der Waals surface area contributed by atoms with Crippen LogP contribution in [0.3, 0.4) is 0 Å². The summed E-state index contributed by atoms with van der Waals surface area (Å²) in [6, 6.07) is 2.96. The Bertz CT molecular complexity index is 674. The zero-order valence-corrected chi connectivity index (χ0v) is 14.0. The minimum atomic E-state index is -4.82. The maximum absolute atomic E-state index is 12.5. The van der Waals surface area contributed by atoms with Crippen molar-refractivity contribution in [1.29, 1.82) is 0 Å². The van der Waals surface area contributed by atoms with Crippen LogP contribution in [0.15, 0.2) is 18.2 Å². The molecule has 1 N–H and O–H groups in total. The van der Waals surface area contributed by atoms with E-state index in [4.69, 9.17) is 4.74 Å². The van der Waals surface area contributed by atoms with Gasteiger partial charge in [-0.05, 0) is 44.9 Å². The molecule has 5 nitrogen and oxygen atoms in total. The van der Waals surface area contributed by atoms with Gasteiger partial charge in [-0.25, -0.2) is 0 Å². The topological polar surface area (TPSA) is 59.0 Å². The fourth-order valence-electron chi connectivity index (χ4n) is 3.40. The summed E-state index contributed by atoms with van der Waals surface area (Å²) in [6.07, 6.45) is -3.99. The second kappa shape index (κ2) is 6.09. The van der Waals surface area contributed by atoms with Crippen LogP contribution in [-0.4, -0.2) is 40.5 Å². The van der Waals surface area contributed by atoms with Gasteiger partial charge >= 0.3 is 6.36 Å². The molecular weight excluding hydrogens is 339 g/mol. The van der Waals surface area contributed by atoms with Crippen LogP contribution in [0, 0.1) is 0 Å². The molecule has 138 valence electrons. The summed E-state index contributed by atoms with van der Waals surface area (Å²) in [5, 5.41) is 10.8. The number of aliphatic hydroxyl groups is 1. The highest BCUT2D eigenvalue weighted by atomic mass is 19.4. The first kappa shape index (κ1) is 17.8. The quantitative estimate of drug-likeness (QED) is 0.881. The molecule has 0 radical (unpaired) electrons. The van der Waals surface area contributed by atoms with Crippen molar-refractivity contribution >= 4 is 5.91 Å². The summed E-state index contributed by atoms with van der Waals surface area (Å²) in [6.45, 7) is 3.81. The molecule has 1 amide bonds. The molecule has 2 unspecified atom stereocenters. The molecule has 0 bridgehead atoms. The van der Waals surface area contributed by atoms with E-state index < -0.39 is 29.9 Å². The minimum Gasteiger partial charge on any atom is -0.485 e. The average molecular weight is 359 g/mol. The molecule has 25 heavy (non-hydrogen) atoms. The molecule has 0 aliphatic carbocycles. The Morgan fingerprint density at radius 1 is 1.32 bits per heavy atom. The molecule has 0 spiro atoms. The number of carbonyl (C=O) groups is 1. The molecule has 1 saturated heterocycles. The lowest BCUT2D eigenvalue weighted by atomic mass is 9.84. The number of carbonyl (C=O) groups excluding carboxylic acids is 1. The molecule has 0 saturated carbocycles. The van der Waals surface area contributed by atoms with Crippen molar-refractivity contribution in [3.05, 3.63) is 23.8 Å². The van der Waals surface area contributed by atoms with Gasteiger partial charge in [0.15, 0.2) is 0 Å². The van der Waals surface area contributed by atoms with Crippen molar-refractivity contribution in [1.82, 2.24) is 4.90 Å². The van der Waals surface area contributed by atoms with Gasteiger partial charge in [0.05, 0.1) is 6.04 Å². The first-order valence-electron chi connectivity index (χ1n) is 8.15. The molecule has 2 aliphatic heterocycles. The molecule has 3 rings (SSSR count). The van der Waals surface area contributed by atoms with E-state index in [0.29, 0.717) is 24.3 Å². The second-order valence-electron chi connectivity index (χ2n) is 6.89. The average Bonchev–Trinajstić information content (AvgIpc) is 2.49. The van der Waals surface area contributed by atoms with Crippen LogP contribution in [0.25, 0.3) is 0 Å². The van der Waals surface area contributed by atoms with Crippen LogP contribution in [0.5, 0.6) is 11.5 Å². The highest BCUT2D eigenvalue weighted by Gasteiger charge is 2.47. The second-order valence-corrected chi connectivity index (χ2v) is 6.89. The Labute approximate surface area is 143 Å². The number of nitrogens with zero attached hydrogens (tertiary/aromatic N) is 1. The van der Waals surface area contributed by atoms with Gasteiger partial charge in [-0.3, -0.25) is 4.79 Å². The highest BCUT2D eigenvalue weighted by Crippen LogP contribution is 2.45. The third-order valence-corrected chi connectivity index (χ3v) is 4.61. The fourth-order valence-corrected chi connectivity index (χ4v) is 3.40. The van der Waals surface area contributed by atoms with Crippen LogP contribution < -0.4 is 9.47 Å². The lowest BCUT2D eigenvalue weighted by molar-refractivity contribution is -0.274. The van der Waals surface area contributed by atoms with Gasteiger partial charge in [0.2, 0.25) is 5.91 Å². The number of amides is 1. The summed E-state index contributed by atoms with van der Waals surface area (Å²) in [5.74, 6) is -0.189. The summed E-state index contributed by atoms with van der Waals surface area (Å²) in [4.78, 5) is 13.9. The van der Waals surface area contributed by atoms with Crippen LogP contribution in [-0.2, 0) is 4.79 Å². The maximum Gasteiger partial charge on any atom is 0.573 e. The maximum atomic E-state index is 12.5. The third kappa shape index (κ3) is 3.53. The van der Waals surface area contributed by atoms with Crippen LogP contribution >= 0.6 is 0 Å². The Hall–Kier alpha value is -1.96. The molecule has 0 aromatic heterocycles. The Kier molecular flexibility index (Phi) is 4.35. The highest BCUT2D eigenvalue weighted by molar-refractivity contribution is 5.77. The normalized spacial score (nSPS) is 26.0. The van der Waals surface area contributed by atoms with E-state index in [1.54, 1.807) is 13.8 Å². The fraction of sp³-hybridized carbons (Fsp3) is 0.588. The van der Waals surface area contributed by atoms with Gasteiger partial charge in [0.25, 0.3) is 0 Å². The molecule has 1 aromatic carbocycles. The van der Waals surface area contributed by atoms with Crippen molar-refractivity contribution in [2.24, 2.45) is 0 Å². The monoisotopic (exact) mass is 359 g/mol. The predicted octanol–water partition coefficient (Wildman–Crippen LogP) is 3.17. The number of halogens is 3. The Morgan fingerprint density at radius 3 is 2.68 bits per heavy atom. The standard InChI is InChI=1S/C17H20F3NO4/c1-16(2)15(23)14(21-8-4-3-5-13(21)22)11-9-10(24-17(18,19)20)6-7-12(11)25-16/h6-7,9,14-15,23H,3-5,8H2,1-2H3. The summed E-state index contributed by atoms with van der Waals surface area (Å²) < 4.78 is 47.3. The van der Waals surface area contributed by atoms with Crippen molar-refractivity contribution in [3.63, 3.8) is 0 Å². The SMILES string of the molecule is CC1(C)Oc2ccc(OC(F)(F)F)cc2C(N2CCCCC2=O)C1O. The first-order chi connectivity index (χ1) is 11.6. The third-order valence-electron chi connectivity index (χ3n) is 4.61. The number of rotatable bonds is 2. The van der Waals surface area contributed by atoms with E-state index >= 15 is 0 Å². The van der Waals surface area contributed by atoms with E-state index in [9.17, 15) is 23.1 Å². The first-order valence-corrected chi connectivity index (χ1v) is 8.15. The van der Waals surface area contributed by atoms with Crippen molar-refractivity contribution in [3.8, 4) is 11.5 Å². The lowest BCUT2D eigenvalue weighted by Gasteiger charge is -2.47. The largest absolute Gasteiger partial charge is 0.573 e. The van der Waals surface area contributed by atoms with Crippen molar-refractivity contribution < 1.29 is 32.5 Å². The van der Waals surface area contributed by atoms with E-state index in [2.05, 4.69) is 4.74 Å². The van der Waals surface area contributed by atoms with Gasteiger partial charge in [-0.2, -0.15) is 0 Å². The van der Waals surface area contributed by atoms with Crippen LogP contribution in [0.4, 0.5) is 13.2 Å². The smallest absolute Gasteiger partial charge is 0.485 e. The number of alkyl halides is 3. The molecule has 1 aromatic rings. The Morgan fingerprint density at radius 2 is 2.04 bits per heavy atom.